The molecule has 0 spiro atoms. The molecular formula is C16H14BrClF3N3O2S. The third kappa shape index (κ3) is 4.39. The number of halogens is 5. The molecule has 1 saturated heterocycles. The van der Waals surface area contributed by atoms with Crippen molar-refractivity contribution >= 4 is 43.4 Å². The smallest absolute Gasteiger partial charge is 0.354 e. The van der Waals surface area contributed by atoms with Crippen LogP contribution >= 0.6 is 27.5 Å². The number of hydrogen-bond donors (Lipinski definition) is 0. The van der Waals surface area contributed by atoms with Crippen LogP contribution in [0.25, 0.3) is 0 Å². The number of anilines is 1. The van der Waals surface area contributed by atoms with Crippen LogP contribution in [-0.4, -0.2) is 43.9 Å². The van der Waals surface area contributed by atoms with Gasteiger partial charge in [0, 0.05) is 36.8 Å². The Morgan fingerprint density at radius 1 is 1.07 bits per heavy atom. The van der Waals surface area contributed by atoms with Gasteiger partial charge in [-0.15, -0.1) is 0 Å². The molecule has 1 aromatic carbocycles. The van der Waals surface area contributed by atoms with Gasteiger partial charge in [-0.1, -0.05) is 27.5 Å². The number of sulfonamides is 1. The number of piperazine rings is 1. The second kappa shape index (κ2) is 7.57. The van der Waals surface area contributed by atoms with Crippen molar-refractivity contribution in [1.82, 2.24) is 9.29 Å². The lowest BCUT2D eigenvalue weighted by atomic mass is 10.2. The fourth-order valence-electron chi connectivity index (χ4n) is 2.72. The molecule has 1 fully saturated rings. The minimum atomic E-state index is -4.44. The molecule has 0 N–H and O–H groups in total. The summed E-state index contributed by atoms with van der Waals surface area (Å²) in [6.45, 7) is 0.979. The van der Waals surface area contributed by atoms with Gasteiger partial charge in [-0.3, -0.25) is 0 Å². The summed E-state index contributed by atoms with van der Waals surface area (Å²) in [6, 6.07) is 6.80. The number of rotatable bonds is 3. The molecule has 1 aliphatic rings. The van der Waals surface area contributed by atoms with E-state index in [4.69, 9.17) is 11.6 Å². The average Bonchev–Trinajstić information content (AvgIpc) is 2.61. The first kappa shape index (κ1) is 20.4. The molecule has 2 aromatic rings. The Hall–Kier alpha value is -1.36. The number of hydrogen-bond acceptors (Lipinski definition) is 4. The Labute approximate surface area is 167 Å². The van der Waals surface area contributed by atoms with Crippen molar-refractivity contribution < 1.29 is 21.6 Å². The van der Waals surface area contributed by atoms with Gasteiger partial charge in [0.1, 0.15) is 10.7 Å². The van der Waals surface area contributed by atoms with Gasteiger partial charge in [-0.2, -0.15) is 17.5 Å². The van der Waals surface area contributed by atoms with Crippen molar-refractivity contribution in [1.29, 1.82) is 0 Å². The lowest BCUT2D eigenvalue weighted by Gasteiger charge is -2.34. The maximum Gasteiger partial charge on any atom is 0.417 e. The molecule has 146 valence electrons. The molecule has 0 bridgehead atoms. The first-order valence-corrected chi connectivity index (χ1v) is 10.4. The summed E-state index contributed by atoms with van der Waals surface area (Å²) in [6.07, 6.45) is -3.66. The molecule has 0 unspecified atom stereocenters. The maximum atomic E-state index is 12.8. The molecule has 5 nitrogen and oxygen atoms in total. The predicted octanol–water partition coefficient (Wildman–Crippen LogP) is 4.03. The first-order valence-electron chi connectivity index (χ1n) is 7.82. The lowest BCUT2D eigenvalue weighted by molar-refractivity contribution is -0.137. The van der Waals surface area contributed by atoms with Gasteiger partial charge in [0.05, 0.1) is 10.6 Å². The third-order valence-corrected chi connectivity index (χ3v) is 7.02. The highest BCUT2D eigenvalue weighted by atomic mass is 79.9. The second-order valence-corrected chi connectivity index (χ2v) is 9.10. The van der Waals surface area contributed by atoms with Crippen molar-refractivity contribution in [2.24, 2.45) is 0 Å². The number of aromatic nitrogens is 1. The van der Waals surface area contributed by atoms with E-state index in [2.05, 4.69) is 20.9 Å². The van der Waals surface area contributed by atoms with E-state index >= 15 is 0 Å². The minimum absolute atomic E-state index is 0.0217. The number of alkyl halides is 3. The minimum Gasteiger partial charge on any atom is -0.354 e. The van der Waals surface area contributed by atoms with Gasteiger partial charge in [0.15, 0.2) is 0 Å². The van der Waals surface area contributed by atoms with E-state index in [1.54, 1.807) is 11.0 Å². The van der Waals surface area contributed by atoms with E-state index in [1.165, 1.54) is 22.5 Å². The largest absolute Gasteiger partial charge is 0.417 e. The normalized spacial score (nSPS) is 16.6. The summed E-state index contributed by atoms with van der Waals surface area (Å²) in [5.41, 5.74) is -0.822. The van der Waals surface area contributed by atoms with Gasteiger partial charge in [0.25, 0.3) is 0 Å². The topological polar surface area (TPSA) is 53.5 Å². The van der Waals surface area contributed by atoms with Crippen LogP contribution in [0.3, 0.4) is 0 Å². The van der Waals surface area contributed by atoms with Gasteiger partial charge in [-0.05, 0) is 30.3 Å². The van der Waals surface area contributed by atoms with Crippen LogP contribution < -0.4 is 4.90 Å². The Morgan fingerprint density at radius 2 is 1.74 bits per heavy atom. The Kier molecular flexibility index (Phi) is 5.72. The molecule has 0 saturated carbocycles. The van der Waals surface area contributed by atoms with Crippen LogP contribution in [0.15, 0.2) is 45.9 Å². The molecule has 0 atom stereocenters. The van der Waals surface area contributed by atoms with Crippen molar-refractivity contribution in [3.8, 4) is 0 Å². The number of benzene rings is 1. The molecule has 1 aromatic heterocycles. The third-order valence-electron chi connectivity index (χ3n) is 4.15. The standard InChI is InChI=1S/C16H14BrClF3N3O2S/c17-12-2-3-14(13(18)9-12)27(25,26)24-7-5-23(6-8-24)15-4-1-11(10-22-15)16(19,20)21/h1-4,9-10H,5-8H2. The fourth-order valence-corrected chi connectivity index (χ4v) is 5.16. The SMILES string of the molecule is O=S(=O)(c1ccc(Br)cc1Cl)N1CCN(c2ccc(C(F)(F)F)cn2)CC1. The summed E-state index contributed by atoms with van der Waals surface area (Å²) in [5, 5.41) is 0.121. The number of nitrogens with zero attached hydrogens (tertiary/aromatic N) is 3. The lowest BCUT2D eigenvalue weighted by Crippen LogP contribution is -2.49. The molecule has 0 amide bonds. The monoisotopic (exact) mass is 483 g/mol. The van der Waals surface area contributed by atoms with Crippen LogP contribution in [0.5, 0.6) is 0 Å². The van der Waals surface area contributed by atoms with E-state index in [9.17, 15) is 21.6 Å². The quantitative estimate of drug-likeness (QED) is 0.660. The van der Waals surface area contributed by atoms with Gasteiger partial charge < -0.3 is 4.90 Å². The van der Waals surface area contributed by atoms with Crippen LogP contribution in [0, 0.1) is 0 Å². The van der Waals surface area contributed by atoms with E-state index in [1.807, 2.05) is 0 Å². The summed E-state index contributed by atoms with van der Waals surface area (Å²) in [7, 11) is -3.76. The van der Waals surface area contributed by atoms with Crippen molar-refractivity contribution in [2.75, 3.05) is 31.1 Å². The molecule has 2 heterocycles. The molecule has 27 heavy (non-hydrogen) atoms. The molecule has 0 radical (unpaired) electrons. The molecule has 3 rings (SSSR count). The Balaban J connectivity index is 1.71. The van der Waals surface area contributed by atoms with Crippen LogP contribution in [0.2, 0.25) is 5.02 Å². The summed E-state index contributed by atoms with van der Waals surface area (Å²) < 4.78 is 65.4. The average molecular weight is 485 g/mol. The van der Waals surface area contributed by atoms with Crippen molar-refractivity contribution in [3.63, 3.8) is 0 Å². The fraction of sp³-hybridized carbons (Fsp3) is 0.312. The highest BCUT2D eigenvalue weighted by molar-refractivity contribution is 9.10. The molecular weight excluding hydrogens is 471 g/mol. The second-order valence-electron chi connectivity index (χ2n) is 5.87. The van der Waals surface area contributed by atoms with Crippen LogP contribution in [0.1, 0.15) is 5.56 Å². The highest BCUT2D eigenvalue weighted by Crippen LogP contribution is 2.31. The Bertz CT molecular complexity index is 931. The van der Waals surface area contributed by atoms with Crippen molar-refractivity contribution in [2.45, 2.75) is 11.1 Å². The van der Waals surface area contributed by atoms with E-state index in [0.717, 1.165) is 12.3 Å². The van der Waals surface area contributed by atoms with Gasteiger partial charge in [-0.25, -0.2) is 13.4 Å². The predicted molar refractivity (Wildman–Crippen MR) is 99.4 cm³/mol. The van der Waals surface area contributed by atoms with E-state index < -0.39 is 21.8 Å². The first-order chi connectivity index (χ1) is 12.6. The van der Waals surface area contributed by atoms with Crippen LogP contribution in [0.4, 0.5) is 19.0 Å². The van der Waals surface area contributed by atoms with E-state index in [-0.39, 0.29) is 23.0 Å². The molecule has 11 heteroatoms. The zero-order chi connectivity index (χ0) is 19.8. The molecule has 1 aliphatic heterocycles. The highest BCUT2D eigenvalue weighted by Gasteiger charge is 2.32. The van der Waals surface area contributed by atoms with Gasteiger partial charge >= 0.3 is 6.18 Å². The van der Waals surface area contributed by atoms with Crippen LogP contribution in [-0.2, 0) is 16.2 Å². The van der Waals surface area contributed by atoms with Gasteiger partial charge in [0.2, 0.25) is 10.0 Å². The Morgan fingerprint density at radius 3 is 2.26 bits per heavy atom. The van der Waals surface area contributed by atoms with Crippen molar-refractivity contribution in [3.05, 3.63) is 51.6 Å². The maximum absolute atomic E-state index is 12.8. The zero-order valence-electron chi connectivity index (χ0n) is 13.7. The number of pyridine rings is 1. The summed E-state index contributed by atoms with van der Waals surface area (Å²) in [5.74, 6) is 0.377. The summed E-state index contributed by atoms with van der Waals surface area (Å²) >= 11 is 9.29. The molecule has 0 aliphatic carbocycles. The zero-order valence-corrected chi connectivity index (χ0v) is 16.9. The van der Waals surface area contributed by atoms with E-state index in [0.29, 0.717) is 23.4 Å². The summed E-state index contributed by atoms with van der Waals surface area (Å²) in [4.78, 5) is 5.62.